The summed E-state index contributed by atoms with van der Waals surface area (Å²) in [5.41, 5.74) is 1.01. The van der Waals surface area contributed by atoms with Crippen molar-refractivity contribution in [1.82, 2.24) is 0 Å². The molecule has 22 heavy (non-hydrogen) atoms. The van der Waals surface area contributed by atoms with Gasteiger partial charge in [-0.2, -0.15) is 13.2 Å². The van der Waals surface area contributed by atoms with E-state index < -0.39 is 23.8 Å². The molecular formula is C16H10BrF3O2. The molecule has 0 aromatic heterocycles. The third-order valence-electron chi connectivity index (χ3n) is 3.54. The molecule has 2 unspecified atom stereocenters. The van der Waals surface area contributed by atoms with Crippen LogP contribution in [-0.2, 0) is 10.9 Å². The van der Waals surface area contributed by atoms with Crippen LogP contribution in [0.4, 0.5) is 13.2 Å². The lowest BCUT2D eigenvalue weighted by molar-refractivity contribution is -0.137. The van der Waals surface area contributed by atoms with Gasteiger partial charge in [0.1, 0.15) is 6.10 Å². The number of carbonyl (C=O) groups excluding carboxylic acids is 1. The van der Waals surface area contributed by atoms with Crippen LogP contribution in [0.3, 0.4) is 0 Å². The Morgan fingerprint density at radius 1 is 1.00 bits per heavy atom. The number of rotatable bonds is 1. The Morgan fingerprint density at radius 2 is 1.64 bits per heavy atom. The Balaban J connectivity index is 1.95. The molecule has 0 aliphatic carbocycles. The predicted molar refractivity (Wildman–Crippen MR) is 77.7 cm³/mol. The standard InChI is InChI=1S/C16H10BrF3O2/c17-13-11-3-1-2-4-12(11)15(21)22-14(13)9-5-7-10(8-6-9)16(18,19)20/h1-8,13-14H. The van der Waals surface area contributed by atoms with Gasteiger partial charge in [-0.1, -0.05) is 46.3 Å². The zero-order valence-electron chi connectivity index (χ0n) is 11.1. The highest BCUT2D eigenvalue weighted by Gasteiger charge is 2.36. The molecule has 2 aromatic rings. The predicted octanol–water partition coefficient (Wildman–Crippen LogP) is 5.05. The SMILES string of the molecule is O=C1OC(c2ccc(C(F)(F)F)cc2)C(Br)c2ccccc21. The first-order chi connectivity index (χ1) is 10.4. The molecule has 1 aliphatic heterocycles. The summed E-state index contributed by atoms with van der Waals surface area (Å²) in [7, 11) is 0. The highest BCUT2D eigenvalue weighted by atomic mass is 79.9. The van der Waals surface area contributed by atoms with Gasteiger partial charge in [0.05, 0.1) is 16.0 Å². The quantitative estimate of drug-likeness (QED) is 0.518. The van der Waals surface area contributed by atoms with Gasteiger partial charge >= 0.3 is 12.1 Å². The van der Waals surface area contributed by atoms with Gasteiger partial charge in [0.2, 0.25) is 0 Å². The highest BCUT2D eigenvalue weighted by molar-refractivity contribution is 9.09. The van der Waals surface area contributed by atoms with Crippen molar-refractivity contribution in [3.05, 3.63) is 70.8 Å². The van der Waals surface area contributed by atoms with E-state index in [0.29, 0.717) is 11.1 Å². The third kappa shape index (κ3) is 2.63. The summed E-state index contributed by atoms with van der Waals surface area (Å²) in [6.45, 7) is 0. The van der Waals surface area contributed by atoms with Crippen LogP contribution in [-0.4, -0.2) is 5.97 Å². The van der Waals surface area contributed by atoms with Crippen molar-refractivity contribution in [3.8, 4) is 0 Å². The molecule has 2 nitrogen and oxygen atoms in total. The van der Waals surface area contributed by atoms with Crippen molar-refractivity contribution in [2.45, 2.75) is 17.1 Å². The molecule has 0 bridgehead atoms. The Bertz CT molecular complexity index is 710. The van der Waals surface area contributed by atoms with Crippen molar-refractivity contribution in [3.63, 3.8) is 0 Å². The summed E-state index contributed by atoms with van der Waals surface area (Å²) in [6.07, 6.45) is -5.05. The number of ether oxygens (including phenoxy) is 1. The lowest BCUT2D eigenvalue weighted by Gasteiger charge is -2.29. The van der Waals surface area contributed by atoms with Gasteiger partial charge in [-0.25, -0.2) is 4.79 Å². The smallest absolute Gasteiger partial charge is 0.416 e. The minimum atomic E-state index is -4.39. The summed E-state index contributed by atoms with van der Waals surface area (Å²) in [5, 5.41) is 0. The molecule has 2 atom stereocenters. The summed E-state index contributed by atoms with van der Waals surface area (Å²) < 4.78 is 43.2. The van der Waals surface area contributed by atoms with Crippen molar-refractivity contribution in [2.75, 3.05) is 0 Å². The number of hydrogen-bond donors (Lipinski definition) is 0. The van der Waals surface area contributed by atoms with Gasteiger partial charge in [-0.15, -0.1) is 0 Å². The topological polar surface area (TPSA) is 26.3 Å². The number of esters is 1. The van der Waals surface area contributed by atoms with Gasteiger partial charge < -0.3 is 4.74 Å². The zero-order valence-corrected chi connectivity index (χ0v) is 12.7. The van der Waals surface area contributed by atoms with Crippen LogP contribution in [0, 0.1) is 0 Å². The molecular weight excluding hydrogens is 361 g/mol. The third-order valence-corrected chi connectivity index (χ3v) is 4.52. The Labute approximate surface area is 133 Å². The molecule has 114 valence electrons. The Kier molecular flexibility index (Phi) is 3.72. The number of carbonyl (C=O) groups is 1. The van der Waals surface area contributed by atoms with Crippen LogP contribution in [0.5, 0.6) is 0 Å². The molecule has 1 heterocycles. The van der Waals surface area contributed by atoms with Crippen LogP contribution in [0.25, 0.3) is 0 Å². The van der Waals surface area contributed by atoms with Crippen LogP contribution in [0.15, 0.2) is 48.5 Å². The van der Waals surface area contributed by atoms with Gasteiger partial charge in [0.15, 0.2) is 0 Å². The summed E-state index contributed by atoms with van der Waals surface area (Å²) in [5.74, 6) is -0.476. The number of fused-ring (bicyclic) bond motifs is 1. The van der Waals surface area contributed by atoms with Crippen molar-refractivity contribution in [2.24, 2.45) is 0 Å². The zero-order chi connectivity index (χ0) is 15.9. The van der Waals surface area contributed by atoms with E-state index in [0.717, 1.165) is 17.7 Å². The molecule has 0 N–H and O–H groups in total. The minimum absolute atomic E-state index is 0.307. The molecule has 6 heteroatoms. The minimum Gasteiger partial charge on any atom is -0.452 e. The molecule has 0 saturated heterocycles. The first-order valence-electron chi connectivity index (χ1n) is 6.49. The maximum atomic E-state index is 12.6. The number of alkyl halides is 4. The molecule has 0 saturated carbocycles. The Hall–Kier alpha value is -1.82. The molecule has 0 amide bonds. The maximum Gasteiger partial charge on any atom is 0.416 e. The van der Waals surface area contributed by atoms with E-state index in [9.17, 15) is 18.0 Å². The monoisotopic (exact) mass is 370 g/mol. The van der Waals surface area contributed by atoms with Gasteiger partial charge in [-0.3, -0.25) is 0 Å². The van der Waals surface area contributed by atoms with E-state index in [2.05, 4.69) is 15.9 Å². The largest absolute Gasteiger partial charge is 0.452 e. The molecule has 0 radical (unpaired) electrons. The van der Waals surface area contributed by atoms with Crippen LogP contribution < -0.4 is 0 Å². The average Bonchev–Trinajstić information content (AvgIpc) is 2.50. The number of hydrogen-bond acceptors (Lipinski definition) is 2. The highest BCUT2D eigenvalue weighted by Crippen LogP contribution is 2.44. The van der Waals surface area contributed by atoms with Gasteiger partial charge in [-0.05, 0) is 29.3 Å². The number of halogens is 4. The molecule has 1 aliphatic rings. The molecule has 2 aromatic carbocycles. The second kappa shape index (κ2) is 5.43. The second-order valence-corrected chi connectivity index (χ2v) is 5.92. The fourth-order valence-electron chi connectivity index (χ4n) is 2.42. The lowest BCUT2D eigenvalue weighted by Crippen LogP contribution is -2.23. The maximum absolute atomic E-state index is 12.6. The molecule has 0 fully saturated rings. The second-order valence-electron chi connectivity index (χ2n) is 4.93. The van der Waals surface area contributed by atoms with Crippen molar-refractivity contribution < 1.29 is 22.7 Å². The fraction of sp³-hybridized carbons (Fsp3) is 0.188. The molecule has 0 spiro atoms. The van der Waals surface area contributed by atoms with Crippen LogP contribution in [0.2, 0.25) is 0 Å². The average molecular weight is 371 g/mol. The summed E-state index contributed by atoms with van der Waals surface area (Å²) >= 11 is 3.48. The van der Waals surface area contributed by atoms with E-state index in [1.54, 1.807) is 24.3 Å². The van der Waals surface area contributed by atoms with E-state index in [-0.39, 0.29) is 4.83 Å². The van der Waals surface area contributed by atoms with Gasteiger partial charge in [0, 0.05) is 0 Å². The Morgan fingerprint density at radius 3 is 2.27 bits per heavy atom. The van der Waals surface area contributed by atoms with E-state index >= 15 is 0 Å². The summed E-state index contributed by atoms with van der Waals surface area (Å²) in [4.78, 5) is 11.7. The van der Waals surface area contributed by atoms with Crippen molar-refractivity contribution >= 4 is 21.9 Å². The van der Waals surface area contributed by atoms with Crippen molar-refractivity contribution in [1.29, 1.82) is 0 Å². The lowest BCUT2D eigenvalue weighted by atomic mass is 9.94. The summed E-state index contributed by atoms with van der Waals surface area (Å²) in [6, 6.07) is 11.6. The van der Waals surface area contributed by atoms with E-state index in [1.807, 2.05) is 0 Å². The van der Waals surface area contributed by atoms with Gasteiger partial charge in [0.25, 0.3) is 0 Å². The fourth-order valence-corrected chi connectivity index (χ4v) is 3.24. The van der Waals surface area contributed by atoms with Crippen LogP contribution in [0.1, 0.15) is 38.0 Å². The normalized spacial score (nSPS) is 21.2. The van der Waals surface area contributed by atoms with Crippen LogP contribution >= 0.6 is 15.9 Å². The first-order valence-corrected chi connectivity index (χ1v) is 7.40. The first kappa shape index (κ1) is 15.1. The van der Waals surface area contributed by atoms with E-state index in [4.69, 9.17) is 4.74 Å². The number of cyclic esters (lactones) is 1. The molecule has 3 rings (SSSR count). The number of benzene rings is 2. The van der Waals surface area contributed by atoms with E-state index in [1.165, 1.54) is 12.1 Å².